The topological polar surface area (TPSA) is 50.8 Å². The maximum absolute atomic E-state index is 14.2. The van der Waals surface area contributed by atoms with E-state index in [4.69, 9.17) is 9.40 Å². The second-order valence-corrected chi connectivity index (χ2v) is 10.2. The first-order chi connectivity index (χ1) is 19.2. The van der Waals surface area contributed by atoms with Gasteiger partial charge in [-0.2, -0.15) is 0 Å². The first-order valence-corrected chi connectivity index (χ1v) is 13.7. The van der Waals surface area contributed by atoms with E-state index in [-0.39, 0.29) is 11.7 Å². The molecule has 0 bridgehead atoms. The van der Waals surface area contributed by atoms with Gasteiger partial charge in [-0.15, -0.1) is 11.3 Å². The molecule has 0 saturated heterocycles. The fourth-order valence-electron chi connectivity index (χ4n) is 4.83. The van der Waals surface area contributed by atoms with Gasteiger partial charge in [-0.25, -0.2) is 9.37 Å². The Morgan fingerprint density at radius 1 is 0.923 bits per heavy atom. The molecule has 0 radical (unpaired) electrons. The molecular formula is C32H26FN3O2S. The number of aromatic nitrogens is 2. The highest BCUT2D eigenvalue weighted by molar-refractivity contribution is 7.15. The average molecular weight is 536 g/mol. The zero-order chi connectivity index (χ0) is 26.6. The monoisotopic (exact) mass is 535 g/mol. The Kier molecular flexibility index (Phi) is 7.06. The first-order valence-electron chi connectivity index (χ1n) is 12.8. The molecular weight excluding hydrogens is 509 g/mol. The van der Waals surface area contributed by atoms with Gasteiger partial charge in [0.1, 0.15) is 11.6 Å². The number of carbonyl (C=O) groups excluding carboxylic acids is 1. The lowest BCUT2D eigenvalue weighted by atomic mass is 9.90. The number of nitrogens with zero attached hydrogens (tertiary/aromatic N) is 3. The predicted octanol–water partition coefficient (Wildman–Crippen LogP) is 7.20. The number of thiazole rings is 1. The molecule has 0 fully saturated rings. The normalized spacial score (nSPS) is 11.3. The van der Waals surface area contributed by atoms with E-state index in [0.29, 0.717) is 19.5 Å². The van der Waals surface area contributed by atoms with Crippen LogP contribution >= 0.6 is 11.3 Å². The summed E-state index contributed by atoms with van der Waals surface area (Å²) in [6, 6.07) is 29.9. The summed E-state index contributed by atoms with van der Waals surface area (Å²) in [7, 11) is 0. The first kappa shape index (κ1) is 24.8. The minimum atomic E-state index is -0.428. The highest BCUT2D eigenvalue weighted by Gasteiger charge is 2.28. The molecule has 0 unspecified atom stereocenters. The standard InChI is InChI=1S/C32H26FN3O2S/c33-26-15-13-23(14-16-26)29-21-36-27(22-39-32(36)34-29)17-18-35(20-28-12-7-19-38-28)31(37)30(24-8-3-1-4-9-24)25-10-5-2-6-11-25/h1-16,19,21-22,30H,17-18,20H2. The largest absolute Gasteiger partial charge is 0.467 e. The van der Waals surface area contributed by atoms with Crippen molar-refractivity contribution in [2.24, 2.45) is 0 Å². The molecule has 0 aliphatic carbocycles. The SMILES string of the molecule is O=C(C(c1ccccc1)c1ccccc1)N(CCc1csc2nc(-c3ccc(F)cc3)cn12)Cc1ccco1. The summed E-state index contributed by atoms with van der Waals surface area (Å²) in [5, 5.41) is 2.08. The van der Waals surface area contributed by atoms with E-state index >= 15 is 0 Å². The Hall–Kier alpha value is -4.49. The highest BCUT2D eigenvalue weighted by Crippen LogP contribution is 2.29. The van der Waals surface area contributed by atoms with Gasteiger partial charge in [0.2, 0.25) is 5.91 Å². The molecule has 6 aromatic rings. The van der Waals surface area contributed by atoms with Crippen LogP contribution in [0.5, 0.6) is 0 Å². The van der Waals surface area contributed by atoms with Crippen molar-refractivity contribution in [3.63, 3.8) is 0 Å². The van der Waals surface area contributed by atoms with Crippen LogP contribution in [0.3, 0.4) is 0 Å². The average Bonchev–Trinajstić information content (AvgIpc) is 3.72. The second kappa shape index (κ2) is 11.1. The Morgan fingerprint density at radius 2 is 1.62 bits per heavy atom. The summed E-state index contributed by atoms with van der Waals surface area (Å²) in [5.41, 5.74) is 4.62. The molecule has 5 nitrogen and oxygen atoms in total. The quantitative estimate of drug-likeness (QED) is 0.197. The molecule has 0 saturated carbocycles. The van der Waals surface area contributed by atoms with Crippen LogP contribution in [0.15, 0.2) is 119 Å². The molecule has 194 valence electrons. The van der Waals surface area contributed by atoms with Crippen molar-refractivity contribution in [3.8, 4) is 11.3 Å². The number of hydrogen-bond acceptors (Lipinski definition) is 4. The van der Waals surface area contributed by atoms with Crippen molar-refractivity contribution in [2.75, 3.05) is 6.54 Å². The number of amides is 1. The van der Waals surface area contributed by atoms with Crippen LogP contribution in [0.4, 0.5) is 4.39 Å². The van der Waals surface area contributed by atoms with Crippen molar-refractivity contribution >= 4 is 22.2 Å². The van der Waals surface area contributed by atoms with Crippen LogP contribution in [0.1, 0.15) is 28.5 Å². The molecule has 3 aromatic heterocycles. The molecule has 0 atom stereocenters. The van der Waals surface area contributed by atoms with Crippen molar-refractivity contribution in [1.82, 2.24) is 14.3 Å². The minimum Gasteiger partial charge on any atom is -0.467 e. The van der Waals surface area contributed by atoms with Gasteiger partial charge in [-0.05, 0) is 47.5 Å². The van der Waals surface area contributed by atoms with E-state index in [9.17, 15) is 9.18 Å². The summed E-state index contributed by atoms with van der Waals surface area (Å²) < 4.78 is 21.1. The van der Waals surface area contributed by atoms with Crippen LogP contribution in [0.25, 0.3) is 16.2 Å². The maximum Gasteiger partial charge on any atom is 0.234 e. The lowest BCUT2D eigenvalue weighted by molar-refractivity contribution is -0.132. The molecule has 0 spiro atoms. The molecule has 6 rings (SSSR count). The fourth-order valence-corrected chi connectivity index (χ4v) is 5.73. The van der Waals surface area contributed by atoms with E-state index in [1.165, 1.54) is 12.1 Å². The molecule has 3 heterocycles. The van der Waals surface area contributed by atoms with Crippen LogP contribution in [0, 0.1) is 5.82 Å². The van der Waals surface area contributed by atoms with E-state index < -0.39 is 5.92 Å². The number of carbonyl (C=O) groups is 1. The lowest BCUT2D eigenvalue weighted by Crippen LogP contribution is -2.36. The number of hydrogen-bond donors (Lipinski definition) is 0. The van der Waals surface area contributed by atoms with Gasteiger partial charge < -0.3 is 9.32 Å². The molecule has 0 aliphatic heterocycles. The van der Waals surface area contributed by atoms with Crippen LogP contribution in [0.2, 0.25) is 0 Å². The van der Waals surface area contributed by atoms with Crippen LogP contribution in [-0.4, -0.2) is 26.7 Å². The van der Waals surface area contributed by atoms with E-state index in [2.05, 4.69) is 9.78 Å². The zero-order valence-electron chi connectivity index (χ0n) is 21.1. The van der Waals surface area contributed by atoms with Crippen molar-refractivity contribution < 1.29 is 13.6 Å². The Balaban J connectivity index is 1.29. The lowest BCUT2D eigenvalue weighted by Gasteiger charge is -2.27. The van der Waals surface area contributed by atoms with Crippen LogP contribution in [-0.2, 0) is 17.8 Å². The summed E-state index contributed by atoms with van der Waals surface area (Å²) in [4.78, 5) is 21.7. The van der Waals surface area contributed by atoms with Crippen LogP contribution < -0.4 is 0 Å². The summed E-state index contributed by atoms with van der Waals surface area (Å²) in [5.74, 6) is 0.0575. The third-order valence-electron chi connectivity index (χ3n) is 6.81. The number of benzene rings is 3. The van der Waals surface area contributed by atoms with E-state index in [1.807, 2.05) is 83.9 Å². The molecule has 0 aliphatic rings. The van der Waals surface area contributed by atoms with Crippen molar-refractivity contribution in [1.29, 1.82) is 0 Å². The molecule has 39 heavy (non-hydrogen) atoms. The van der Waals surface area contributed by atoms with Gasteiger partial charge in [0.15, 0.2) is 4.96 Å². The van der Waals surface area contributed by atoms with Gasteiger partial charge in [0.25, 0.3) is 0 Å². The number of rotatable bonds is 9. The molecule has 1 amide bonds. The second-order valence-electron chi connectivity index (χ2n) is 9.36. The third kappa shape index (κ3) is 5.40. The fraction of sp³-hybridized carbons (Fsp3) is 0.125. The highest BCUT2D eigenvalue weighted by atomic mass is 32.1. The summed E-state index contributed by atoms with van der Waals surface area (Å²) in [6.45, 7) is 0.881. The third-order valence-corrected chi connectivity index (χ3v) is 7.70. The minimum absolute atomic E-state index is 0.0212. The number of halogens is 1. The maximum atomic E-state index is 14.2. The van der Waals surface area contributed by atoms with Gasteiger partial charge in [0, 0.05) is 35.8 Å². The van der Waals surface area contributed by atoms with Gasteiger partial charge in [-0.1, -0.05) is 60.7 Å². The number of fused-ring (bicyclic) bond motifs is 1. The Morgan fingerprint density at radius 3 is 2.26 bits per heavy atom. The summed E-state index contributed by atoms with van der Waals surface area (Å²) >= 11 is 1.55. The molecule has 0 N–H and O–H groups in total. The predicted molar refractivity (Wildman–Crippen MR) is 151 cm³/mol. The van der Waals surface area contributed by atoms with Gasteiger partial charge >= 0.3 is 0 Å². The molecule has 7 heteroatoms. The van der Waals surface area contributed by atoms with E-state index in [0.717, 1.165) is 38.8 Å². The van der Waals surface area contributed by atoms with E-state index in [1.54, 1.807) is 29.7 Å². The Labute approximate surface area is 229 Å². The Bertz CT molecular complexity index is 1620. The zero-order valence-corrected chi connectivity index (χ0v) is 21.9. The summed E-state index contributed by atoms with van der Waals surface area (Å²) in [6.07, 6.45) is 4.25. The van der Waals surface area contributed by atoms with Crippen molar-refractivity contribution in [2.45, 2.75) is 18.9 Å². The van der Waals surface area contributed by atoms with Crippen molar-refractivity contribution in [3.05, 3.63) is 143 Å². The van der Waals surface area contributed by atoms with Gasteiger partial charge in [0.05, 0.1) is 24.4 Å². The number of imidazole rings is 1. The molecule has 3 aromatic carbocycles. The number of furan rings is 1. The van der Waals surface area contributed by atoms with Gasteiger partial charge in [-0.3, -0.25) is 9.20 Å². The smallest absolute Gasteiger partial charge is 0.234 e.